The minimum atomic E-state index is -3.75. The van der Waals surface area contributed by atoms with Crippen molar-refractivity contribution in [3.8, 4) is 0 Å². The van der Waals surface area contributed by atoms with Gasteiger partial charge in [-0.3, -0.25) is 9.59 Å². The van der Waals surface area contributed by atoms with Gasteiger partial charge in [0.1, 0.15) is 6.04 Å². The third-order valence-electron chi connectivity index (χ3n) is 4.88. The third kappa shape index (κ3) is 7.18. The van der Waals surface area contributed by atoms with Crippen LogP contribution >= 0.6 is 0 Å². The number of sulfonamides is 1. The molecule has 1 aromatic rings. The fourth-order valence-corrected chi connectivity index (χ4v) is 3.80. The SMILES string of the molecule is NC(=O)[C@H](CNc1ccc(S(N)(=O)=O)cc1)NC(=O)CCC1CCCCC1. The van der Waals surface area contributed by atoms with Crippen molar-refractivity contribution in [3.05, 3.63) is 24.3 Å². The molecule has 0 spiro atoms. The normalized spacial score (nSPS) is 16.5. The Kier molecular flexibility index (Phi) is 7.61. The van der Waals surface area contributed by atoms with Crippen LogP contribution in [0.1, 0.15) is 44.9 Å². The van der Waals surface area contributed by atoms with E-state index in [0.29, 0.717) is 18.0 Å². The number of primary sulfonamides is 1. The lowest BCUT2D eigenvalue weighted by atomic mass is 9.86. The molecule has 0 radical (unpaired) electrons. The van der Waals surface area contributed by atoms with Gasteiger partial charge in [-0.25, -0.2) is 13.6 Å². The first-order valence-corrected chi connectivity index (χ1v) is 10.8. The molecule has 1 fully saturated rings. The highest BCUT2D eigenvalue weighted by atomic mass is 32.2. The van der Waals surface area contributed by atoms with Crippen molar-refractivity contribution in [2.45, 2.75) is 55.9 Å². The second kappa shape index (κ2) is 9.70. The zero-order chi connectivity index (χ0) is 19.9. The molecule has 1 atom stereocenters. The summed E-state index contributed by atoms with van der Waals surface area (Å²) in [4.78, 5) is 23.8. The lowest BCUT2D eigenvalue weighted by Crippen LogP contribution is -2.48. The van der Waals surface area contributed by atoms with E-state index in [2.05, 4.69) is 10.6 Å². The average molecular weight is 397 g/mol. The van der Waals surface area contributed by atoms with E-state index in [9.17, 15) is 18.0 Å². The van der Waals surface area contributed by atoms with Gasteiger partial charge in [-0.15, -0.1) is 0 Å². The Hall–Kier alpha value is -2.13. The maximum Gasteiger partial charge on any atom is 0.241 e. The highest BCUT2D eigenvalue weighted by Gasteiger charge is 2.20. The molecule has 1 aromatic carbocycles. The Morgan fingerprint density at radius 3 is 2.30 bits per heavy atom. The van der Waals surface area contributed by atoms with Gasteiger partial charge in [-0.05, 0) is 36.6 Å². The van der Waals surface area contributed by atoms with Crippen LogP contribution in [0.15, 0.2) is 29.2 Å². The highest BCUT2D eigenvalue weighted by molar-refractivity contribution is 7.89. The second-order valence-electron chi connectivity index (χ2n) is 7.02. The summed E-state index contributed by atoms with van der Waals surface area (Å²) in [6.07, 6.45) is 7.29. The van der Waals surface area contributed by atoms with Crippen LogP contribution in [-0.4, -0.2) is 32.8 Å². The van der Waals surface area contributed by atoms with Crippen LogP contribution in [0.3, 0.4) is 0 Å². The van der Waals surface area contributed by atoms with Gasteiger partial charge in [-0.2, -0.15) is 0 Å². The predicted octanol–water partition coefficient (Wildman–Crippen LogP) is 1.08. The van der Waals surface area contributed by atoms with Crippen molar-refractivity contribution in [2.75, 3.05) is 11.9 Å². The Morgan fingerprint density at radius 1 is 1.11 bits per heavy atom. The van der Waals surface area contributed by atoms with Crippen LogP contribution in [0.25, 0.3) is 0 Å². The maximum atomic E-state index is 12.1. The van der Waals surface area contributed by atoms with Gasteiger partial charge in [0.15, 0.2) is 0 Å². The zero-order valence-electron chi connectivity index (χ0n) is 15.3. The Morgan fingerprint density at radius 2 is 1.74 bits per heavy atom. The fraction of sp³-hybridized carbons (Fsp3) is 0.556. The minimum Gasteiger partial charge on any atom is -0.382 e. The second-order valence-corrected chi connectivity index (χ2v) is 8.58. The van der Waals surface area contributed by atoms with E-state index in [1.165, 1.54) is 56.4 Å². The van der Waals surface area contributed by atoms with Crippen LogP contribution in [0, 0.1) is 5.92 Å². The summed E-state index contributed by atoms with van der Waals surface area (Å²) in [5, 5.41) is 10.7. The molecule has 0 aromatic heterocycles. The Labute approximate surface area is 160 Å². The molecule has 0 heterocycles. The van der Waals surface area contributed by atoms with Crippen molar-refractivity contribution in [3.63, 3.8) is 0 Å². The molecule has 2 rings (SSSR count). The van der Waals surface area contributed by atoms with E-state index in [4.69, 9.17) is 10.9 Å². The Balaban J connectivity index is 1.82. The molecular formula is C18H28N4O4S. The molecule has 8 nitrogen and oxygen atoms in total. The summed E-state index contributed by atoms with van der Waals surface area (Å²) >= 11 is 0. The quantitative estimate of drug-likeness (QED) is 0.493. The lowest BCUT2D eigenvalue weighted by molar-refractivity contribution is -0.127. The number of benzene rings is 1. The number of amides is 2. The number of primary amides is 1. The number of hydrogen-bond acceptors (Lipinski definition) is 5. The summed E-state index contributed by atoms with van der Waals surface area (Å²) < 4.78 is 22.5. The summed E-state index contributed by atoms with van der Waals surface area (Å²) in [6.45, 7) is 0.110. The minimum absolute atomic E-state index is 0.00415. The largest absolute Gasteiger partial charge is 0.382 e. The average Bonchev–Trinajstić information content (AvgIpc) is 2.63. The molecule has 1 aliphatic rings. The summed E-state index contributed by atoms with van der Waals surface area (Å²) in [7, 11) is -3.75. The van der Waals surface area contributed by atoms with Gasteiger partial charge >= 0.3 is 0 Å². The molecule has 2 amide bonds. The van der Waals surface area contributed by atoms with Crippen LogP contribution < -0.4 is 21.5 Å². The van der Waals surface area contributed by atoms with E-state index >= 15 is 0 Å². The van der Waals surface area contributed by atoms with Gasteiger partial charge < -0.3 is 16.4 Å². The zero-order valence-corrected chi connectivity index (χ0v) is 16.1. The molecule has 150 valence electrons. The van der Waals surface area contributed by atoms with Crippen molar-refractivity contribution >= 4 is 27.5 Å². The van der Waals surface area contributed by atoms with Gasteiger partial charge in [0.2, 0.25) is 21.8 Å². The number of carbonyl (C=O) groups is 2. The van der Waals surface area contributed by atoms with Gasteiger partial charge in [-0.1, -0.05) is 32.1 Å². The van der Waals surface area contributed by atoms with E-state index in [1.807, 2.05) is 0 Å². The van der Waals surface area contributed by atoms with Crippen molar-refractivity contribution < 1.29 is 18.0 Å². The Bertz CT molecular complexity index is 743. The highest BCUT2D eigenvalue weighted by Crippen LogP contribution is 2.27. The van der Waals surface area contributed by atoms with Crippen LogP contribution in [0.2, 0.25) is 0 Å². The number of rotatable bonds is 9. The summed E-state index contributed by atoms with van der Waals surface area (Å²) in [5.41, 5.74) is 5.97. The summed E-state index contributed by atoms with van der Waals surface area (Å²) in [6, 6.07) is 4.94. The third-order valence-corrected chi connectivity index (χ3v) is 5.81. The standard InChI is InChI=1S/C18H28N4O4S/c19-18(24)16(22-17(23)11-6-13-4-2-1-3-5-13)12-21-14-7-9-15(10-8-14)27(20,25)26/h7-10,13,16,21H,1-6,11-12H2,(H2,19,24)(H,22,23)(H2,20,25,26)/t16-/m0/s1. The molecule has 1 aliphatic carbocycles. The number of hydrogen-bond donors (Lipinski definition) is 4. The van der Waals surface area contributed by atoms with E-state index in [0.717, 1.165) is 6.42 Å². The molecule has 1 saturated carbocycles. The molecule has 0 aliphatic heterocycles. The molecule has 6 N–H and O–H groups in total. The van der Waals surface area contributed by atoms with Gasteiger partial charge in [0.05, 0.1) is 4.90 Å². The molecule has 27 heavy (non-hydrogen) atoms. The molecule has 0 unspecified atom stereocenters. The van der Waals surface area contributed by atoms with Crippen LogP contribution in [0.5, 0.6) is 0 Å². The number of nitrogens with one attached hydrogen (secondary N) is 2. The van der Waals surface area contributed by atoms with Crippen LogP contribution in [-0.2, 0) is 19.6 Å². The predicted molar refractivity (Wildman–Crippen MR) is 103 cm³/mol. The molecule has 0 saturated heterocycles. The van der Waals surface area contributed by atoms with Gasteiger partial charge in [0, 0.05) is 18.7 Å². The van der Waals surface area contributed by atoms with Gasteiger partial charge in [0.25, 0.3) is 0 Å². The van der Waals surface area contributed by atoms with Crippen molar-refractivity contribution in [1.29, 1.82) is 0 Å². The summed E-state index contributed by atoms with van der Waals surface area (Å²) in [5.74, 6) is -0.225. The first-order chi connectivity index (χ1) is 12.8. The monoisotopic (exact) mass is 396 g/mol. The maximum absolute atomic E-state index is 12.1. The van der Waals surface area contributed by atoms with Crippen molar-refractivity contribution in [1.82, 2.24) is 5.32 Å². The topological polar surface area (TPSA) is 144 Å². The molecule has 9 heteroatoms. The number of anilines is 1. The molecule has 0 bridgehead atoms. The van der Waals surface area contributed by atoms with E-state index < -0.39 is 22.0 Å². The van der Waals surface area contributed by atoms with Crippen LogP contribution in [0.4, 0.5) is 5.69 Å². The number of nitrogens with two attached hydrogens (primary N) is 2. The van der Waals surface area contributed by atoms with E-state index in [-0.39, 0.29) is 17.3 Å². The lowest BCUT2D eigenvalue weighted by Gasteiger charge is -2.22. The fourth-order valence-electron chi connectivity index (χ4n) is 3.28. The first-order valence-electron chi connectivity index (χ1n) is 9.21. The molecular weight excluding hydrogens is 368 g/mol. The smallest absolute Gasteiger partial charge is 0.241 e. The van der Waals surface area contributed by atoms with Crippen molar-refractivity contribution in [2.24, 2.45) is 16.8 Å². The van der Waals surface area contributed by atoms with E-state index in [1.54, 1.807) is 0 Å². The first kappa shape index (κ1) is 21.2. The number of carbonyl (C=O) groups excluding carboxylic acids is 2.